The fourth-order valence-electron chi connectivity index (χ4n) is 1.97. The standard InChI is InChI=1S/C12H21ClN4O/c1-4-9(5-2)17(6-7-18-3)11-8-10(13)15-12(14)16-11/h8-9H,4-7H2,1-3H3,(H2,14,15,16). The zero-order valence-corrected chi connectivity index (χ0v) is 11.9. The summed E-state index contributed by atoms with van der Waals surface area (Å²) in [6.45, 7) is 5.70. The second-order valence-corrected chi connectivity index (χ2v) is 4.45. The maximum Gasteiger partial charge on any atom is 0.223 e. The van der Waals surface area contributed by atoms with Crippen LogP contribution in [-0.2, 0) is 4.74 Å². The molecule has 0 radical (unpaired) electrons. The Labute approximate surface area is 113 Å². The number of anilines is 2. The van der Waals surface area contributed by atoms with Crippen LogP contribution in [0.25, 0.3) is 0 Å². The summed E-state index contributed by atoms with van der Waals surface area (Å²) in [5.74, 6) is 0.962. The molecule has 5 nitrogen and oxygen atoms in total. The van der Waals surface area contributed by atoms with Crippen LogP contribution in [-0.4, -0.2) is 36.3 Å². The monoisotopic (exact) mass is 272 g/mol. The van der Waals surface area contributed by atoms with Crippen LogP contribution in [0.3, 0.4) is 0 Å². The third-order valence-electron chi connectivity index (χ3n) is 2.91. The van der Waals surface area contributed by atoms with E-state index in [0.717, 1.165) is 25.2 Å². The Morgan fingerprint density at radius 3 is 2.56 bits per heavy atom. The van der Waals surface area contributed by atoms with Crippen LogP contribution >= 0.6 is 11.6 Å². The molecule has 1 heterocycles. The van der Waals surface area contributed by atoms with E-state index in [0.29, 0.717) is 17.8 Å². The molecule has 1 aromatic heterocycles. The Balaban J connectivity index is 2.99. The average molecular weight is 273 g/mol. The number of hydrogen-bond donors (Lipinski definition) is 1. The zero-order valence-electron chi connectivity index (χ0n) is 11.2. The number of methoxy groups -OCH3 is 1. The SMILES string of the molecule is CCC(CC)N(CCOC)c1cc(Cl)nc(N)n1. The maximum atomic E-state index is 5.93. The molecule has 0 saturated carbocycles. The van der Waals surface area contributed by atoms with Gasteiger partial charge in [0.15, 0.2) is 0 Å². The highest BCUT2D eigenvalue weighted by atomic mass is 35.5. The zero-order chi connectivity index (χ0) is 13.5. The fraction of sp³-hybridized carbons (Fsp3) is 0.667. The topological polar surface area (TPSA) is 64.3 Å². The van der Waals surface area contributed by atoms with Gasteiger partial charge in [0, 0.05) is 25.8 Å². The maximum absolute atomic E-state index is 5.93. The van der Waals surface area contributed by atoms with Gasteiger partial charge in [0.25, 0.3) is 0 Å². The van der Waals surface area contributed by atoms with Crippen molar-refractivity contribution in [3.05, 3.63) is 11.2 Å². The summed E-state index contributed by atoms with van der Waals surface area (Å²) in [7, 11) is 1.69. The van der Waals surface area contributed by atoms with Crippen LogP contribution in [0.2, 0.25) is 5.15 Å². The van der Waals surface area contributed by atoms with Crippen molar-refractivity contribution in [2.24, 2.45) is 0 Å². The van der Waals surface area contributed by atoms with Gasteiger partial charge in [-0.15, -0.1) is 0 Å². The molecular weight excluding hydrogens is 252 g/mol. The first kappa shape index (κ1) is 15.0. The number of hydrogen-bond acceptors (Lipinski definition) is 5. The van der Waals surface area contributed by atoms with E-state index in [1.807, 2.05) is 0 Å². The molecule has 0 fully saturated rings. The molecule has 0 bridgehead atoms. The minimum atomic E-state index is 0.200. The Morgan fingerprint density at radius 1 is 1.39 bits per heavy atom. The highest BCUT2D eigenvalue weighted by Gasteiger charge is 2.17. The van der Waals surface area contributed by atoms with E-state index in [4.69, 9.17) is 22.1 Å². The van der Waals surface area contributed by atoms with E-state index < -0.39 is 0 Å². The number of aromatic nitrogens is 2. The quantitative estimate of drug-likeness (QED) is 0.772. The summed E-state index contributed by atoms with van der Waals surface area (Å²) in [5.41, 5.74) is 5.64. The molecule has 0 aliphatic carbocycles. The Morgan fingerprint density at radius 2 is 2.06 bits per heavy atom. The van der Waals surface area contributed by atoms with Gasteiger partial charge in [0.2, 0.25) is 5.95 Å². The molecule has 0 aromatic carbocycles. The Hall–Kier alpha value is -1.07. The van der Waals surface area contributed by atoms with Crippen LogP contribution in [0.15, 0.2) is 6.07 Å². The summed E-state index contributed by atoms with van der Waals surface area (Å²) < 4.78 is 5.14. The predicted octanol–water partition coefficient (Wildman–Crippen LogP) is 2.35. The molecule has 18 heavy (non-hydrogen) atoms. The summed E-state index contributed by atoms with van der Waals surface area (Å²) >= 11 is 5.93. The molecule has 0 atom stereocenters. The second-order valence-electron chi connectivity index (χ2n) is 4.06. The van der Waals surface area contributed by atoms with Crippen LogP contribution < -0.4 is 10.6 Å². The lowest BCUT2D eigenvalue weighted by molar-refractivity contribution is 0.202. The molecule has 2 N–H and O–H groups in total. The van der Waals surface area contributed by atoms with Crippen molar-refractivity contribution in [2.75, 3.05) is 30.9 Å². The minimum Gasteiger partial charge on any atom is -0.383 e. The Bertz CT molecular complexity index is 351. The summed E-state index contributed by atoms with van der Waals surface area (Å²) in [5, 5.41) is 0.367. The Kier molecular flexibility index (Phi) is 6.15. The first-order valence-electron chi connectivity index (χ1n) is 6.18. The van der Waals surface area contributed by atoms with Crippen molar-refractivity contribution < 1.29 is 4.74 Å². The third kappa shape index (κ3) is 3.99. The number of nitrogen functional groups attached to an aromatic ring is 1. The van der Waals surface area contributed by atoms with E-state index in [1.165, 1.54) is 0 Å². The number of halogens is 1. The van der Waals surface area contributed by atoms with E-state index in [-0.39, 0.29) is 5.95 Å². The lowest BCUT2D eigenvalue weighted by atomic mass is 10.1. The molecule has 0 saturated heterocycles. The summed E-state index contributed by atoms with van der Waals surface area (Å²) in [4.78, 5) is 10.3. The molecule has 0 spiro atoms. The smallest absolute Gasteiger partial charge is 0.223 e. The second kappa shape index (κ2) is 7.38. The molecule has 0 aliphatic rings. The van der Waals surface area contributed by atoms with Gasteiger partial charge in [-0.1, -0.05) is 25.4 Å². The van der Waals surface area contributed by atoms with Gasteiger partial charge >= 0.3 is 0 Å². The predicted molar refractivity (Wildman–Crippen MR) is 75.0 cm³/mol. The fourth-order valence-corrected chi connectivity index (χ4v) is 2.16. The number of rotatable bonds is 7. The molecule has 0 amide bonds. The molecule has 0 unspecified atom stereocenters. The van der Waals surface area contributed by atoms with E-state index in [1.54, 1.807) is 13.2 Å². The van der Waals surface area contributed by atoms with Crippen LogP contribution in [0.5, 0.6) is 0 Å². The number of nitrogens with zero attached hydrogens (tertiary/aromatic N) is 3. The summed E-state index contributed by atoms with van der Waals surface area (Å²) in [6, 6.07) is 2.14. The van der Waals surface area contributed by atoms with E-state index in [9.17, 15) is 0 Å². The van der Waals surface area contributed by atoms with Crippen molar-refractivity contribution in [3.8, 4) is 0 Å². The third-order valence-corrected chi connectivity index (χ3v) is 3.11. The van der Waals surface area contributed by atoms with Gasteiger partial charge in [-0.05, 0) is 12.8 Å². The van der Waals surface area contributed by atoms with Gasteiger partial charge in [-0.25, -0.2) is 4.98 Å². The number of nitrogens with two attached hydrogens (primary N) is 1. The first-order valence-corrected chi connectivity index (χ1v) is 6.55. The molecule has 6 heteroatoms. The van der Waals surface area contributed by atoms with Crippen molar-refractivity contribution in [1.29, 1.82) is 0 Å². The van der Waals surface area contributed by atoms with Crippen LogP contribution in [0.4, 0.5) is 11.8 Å². The van der Waals surface area contributed by atoms with Crippen molar-refractivity contribution in [1.82, 2.24) is 9.97 Å². The normalized spacial score (nSPS) is 10.9. The van der Waals surface area contributed by atoms with E-state index in [2.05, 4.69) is 28.7 Å². The van der Waals surface area contributed by atoms with Gasteiger partial charge in [0.05, 0.1) is 6.61 Å². The van der Waals surface area contributed by atoms with Crippen molar-refractivity contribution in [3.63, 3.8) is 0 Å². The van der Waals surface area contributed by atoms with E-state index >= 15 is 0 Å². The lowest BCUT2D eigenvalue weighted by Crippen LogP contribution is -2.37. The van der Waals surface area contributed by atoms with Gasteiger partial charge < -0.3 is 15.4 Å². The molecular formula is C12H21ClN4O. The van der Waals surface area contributed by atoms with Gasteiger partial charge in [0.1, 0.15) is 11.0 Å². The largest absolute Gasteiger partial charge is 0.383 e. The first-order chi connectivity index (χ1) is 8.62. The molecule has 1 aromatic rings. The molecule has 102 valence electrons. The van der Waals surface area contributed by atoms with Crippen LogP contribution in [0.1, 0.15) is 26.7 Å². The highest BCUT2D eigenvalue weighted by molar-refractivity contribution is 6.29. The minimum absolute atomic E-state index is 0.200. The number of ether oxygens (including phenoxy) is 1. The van der Waals surface area contributed by atoms with Crippen molar-refractivity contribution in [2.45, 2.75) is 32.7 Å². The van der Waals surface area contributed by atoms with Gasteiger partial charge in [-0.3, -0.25) is 0 Å². The highest BCUT2D eigenvalue weighted by Crippen LogP contribution is 2.21. The molecule has 0 aliphatic heterocycles. The van der Waals surface area contributed by atoms with Crippen molar-refractivity contribution >= 4 is 23.4 Å². The molecule has 1 rings (SSSR count). The van der Waals surface area contributed by atoms with Crippen LogP contribution in [0, 0.1) is 0 Å². The van der Waals surface area contributed by atoms with Gasteiger partial charge in [-0.2, -0.15) is 4.98 Å². The average Bonchev–Trinajstić information content (AvgIpc) is 2.33. The summed E-state index contributed by atoms with van der Waals surface area (Å²) in [6.07, 6.45) is 2.06. The lowest BCUT2D eigenvalue weighted by Gasteiger charge is -2.31.